The third-order valence-electron chi connectivity index (χ3n) is 5.30. The van der Waals surface area contributed by atoms with Gasteiger partial charge in [0.05, 0.1) is 0 Å². The van der Waals surface area contributed by atoms with Gasteiger partial charge in [0.2, 0.25) is 0 Å². The Morgan fingerprint density at radius 1 is 0.567 bits per heavy atom. The smallest absolute Gasteiger partial charge is 1.00 e. The number of aryl methyl sites for hydroxylation is 1. The molecule has 0 saturated heterocycles. The standard InChI is InChI=1S/C14H11.C13H9.2ClH.Zr/c1-10-8-12-7-6-11-4-2-3-5-13(11)14(12)9-10;1-2-6-12-10(4-1)8-9-11-5-3-7-13(11)12;;;/h2-9H,1H3;1-9H;2*1H;/q2*-1;;;+4/p-2. The van der Waals surface area contributed by atoms with Gasteiger partial charge in [0.25, 0.3) is 0 Å². The number of fused-ring (bicyclic) bond motifs is 6. The molecule has 0 saturated carbocycles. The second-order valence-electron chi connectivity index (χ2n) is 7.14. The summed E-state index contributed by atoms with van der Waals surface area (Å²) in [7, 11) is 0. The van der Waals surface area contributed by atoms with E-state index in [9.17, 15) is 0 Å². The molecule has 0 N–H and O–H groups in total. The van der Waals surface area contributed by atoms with Crippen LogP contribution in [0.5, 0.6) is 0 Å². The van der Waals surface area contributed by atoms with Gasteiger partial charge in [0.15, 0.2) is 0 Å². The summed E-state index contributed by atoms with van der Waals surface area (Å²) in [6, 6.07) is 36.7. The van der Waals surface area contributed by atoms with Crippen molar-refractivity contribution in [1.82, 2.24) is 0 Å². The van der Waals surface area contributed by atoms with Gasteiger partial charge >= 0.3 is 26.2 Å². The summed E-state index contributed by atoms with van der Waals surface area (Å²) in [4.78, 5) is 0. The van der Waals surface area contributed by atoms with Crippen molar-refractivity contribution in [3.8, 4) is 0 Å². The maximum absolute atomic E-state index is 2.26. The van der Waals surface area contributed by atoms with Crippen molar-refractivity contribution in [2.75, 3.05) is 0 Å². The van der Waals surface area contributed by atoms with Crippen molar-refractivity contribution < 1.29 is 51.0 Å². The van der Waals surface area contributed by atoms with Gasteiger partial charge < -0.3 is 24.8 Å². The van der Waals surface area contributed by atoms with Gasteiger partial charge in [0, 0.05) is 0 Å². The molecular formula is C27H20Cl2Zr. The van der Waals surface area contributed by atoms with E-state index < -0.39 is 0 Å². The van der Waals surface area contributed by atoms with Gasteiger partial charge in [-0.15, -0.1) is 51.4 Å². The third-order valence-corrected chi connectivity index (χ3v) is 5.30. The summed E-state index contributed by atoms with van der Waals surface area (Å²) in [5, 5.41) is 10.8. The van der Waals surface area contributed by atoms with Crippen LogP contribution in [0.2, 0.25) is 0 Å². The predicted octanol–water partition coefficient (Wildman–Crippen LogP) is 1.74. The Hall–Kier alpha value is -1.92. The molecule has 0 bridgehead atoms. The third kappa shape index (κ3) is 4.55. The molecule has 0 aliphatic carbocycles. The van der Waals surface area contributed by atoms with Crippen LogP contribution in [0.25, 0.3) is 43.1 Å². The van der Waals surface area contributed by atoms with E-state index in [0.29, 0.717) is 0 Å². The Kier molecular flexibility index (Phi) is 8.45. The molecule has 0 nitrogen and oxygen atoms in total. The second kappa shape index (κ2) is 10.4. The first kappa shape index (κ1) is 24.4. The Morgan fingerprint density at radius 3 is 1.80 bits per heavy atom. The van der Waals surface area contributed by atoms with E-state index in [1.165, 1.54) is 48.7 Å². The number of hydrogen-bond donors (Lipinski definition) is 0. The van der Waals surface area contributed by atoms with Gasteiger partial charge in [-0.05, 0) is 10.8 Å². The van der Waals surface area contributed by atoms with Gasteiger partial charge in [0.1, 0.15) is 0 Å². The molecule has 146 valence electrons. The quantitative estimate of drug-likeness (QED) is 0.276. The Morgan fingerprint density at radius 2 is 1.13 bits per heavy atom. The normalized spacial score (nSPS) is 10.0. The van der Waals surface area contributed by atoms with Crippen LogP contribution in [-0.4, -0.2) is 0 Å². The van der Waals surface area contributed by atoms with E-state index in [2.05, 4.69) is 110 Å². The molecule has 0 spiro atoms. The summed E-state index contributed by atoms with van der Waals surface area (Å²) < 4.78 is 0. The van der Waals surface area contributed by atoms with Crippen LogP contribution >= 0.6 is 0 Å². The first-order valence-electron chi connectivity index (χ1n) is 9.37. The molecule has 0 heterocycles. The zero-order chi connectivity index (χ0) is 18.2. The molecule has 0 unspecified atom stereocenters. The Labute approximate surface area is 208 Å². The first-order chi connectivity index (χ1) is 13.3. The molecule has 0 aromatic heterocycles. The van der Waals surface area contributed by atoms with Crippen molar-refractivity contribution in [3.05, 3.63) is 109 Å². The summed E-state index contributed by atoms with van der Waals surface area (Å²) in [5.41, 5.74) is 1.34. The van der Waals surface area contributed by atoms with E-state index in [4.69, 9.17) is 0 Å². The first-order valence-corrected chi connectivity index (χ1v) is 9.37. The molecule has 3 heteroatoms. The van der Waals surface area contributed by atoms with Crippen LogP contribution in [0.15, 0.2) is 103 Å². The van der Waals surface area contributed by atoms with Crippen LogP contribution in [-0.2, 0) is 26.2 Å². The van der Waals surface area contributed by atoms with Crippen LogP contribution in [0.1, 0.15) is 5.56 Å². The second-order valence-corrected chi connectivity index (χ2v) is 7.14. The molecule has 6 rings (SSSR count). The van der Waals surface area contributed by atoms with Crippen LogP contribution in [0.4, 0.5) is 0 Å². The minimum atomic E-state index is 0. The Bertz CT molecular complexity index is 1390. The van der Waals surface area contributed by atoms with Crippen molar-refractivity contribution in [2.45, 2.75) is 6.92 Å². The van der Waals surface area contributed by atoms with Gasteiger partial charge in [-0.25, -0.2) is 0 Å². The van der Waals surface area contributed by atoms with Crippen LogP contribution < -0.4 is 24.8 Å². The zero-order valence-electron chi connectivity index (χ0n) is 16.6. The largest absolute Gasteiger partial charge is 4.00 e. The molecule has 6 aromatic rings. The number of rotatable bonds is 0. The maximum atomic E-state index is 2.26. The minimum absolute atomic E-state index is 0. The fourth-order valence-corrected chi connectivity index (χ4v) is 4.01. The number of hydrogen-bond acceptors (Lipinski definition) is 0. The SMILES string of the molecule is Cc1cc2c(ccc3ccccc32)[cH-]1.[Cl-].[Cl-].[Zr+4].c1ccc2c(c1)ccc1[cH-]ccc12. The van der Waals surface area contributed by atoms with E-state index in [1.54, 1.807) is 0 Å². The van der Waals surface area contributed by atoms with E-state index in [0.717, 1.165) is 0 Å². The molecule has 6 aromatic carbocycles. The molecule has 30 heavy (non-hydrogen) atoms. The Balaban J connectivity index is 0.000000195. The molecule has 0 aliphatic rings. The predicted molar refractivity (Wildman–Crippen MR) is 119 cm³/mol. The maximum Gasteiger partial charge on any atom is 4.00 e. The fraction of sp³-hybridized carbons (Fsp3) is 0.0370. The van der Waals surface area contributed by atoms with Crippen molar-refractivity contribution in [3.63, 3.8) is 0 Å². The molecule has 0 atom stereocenters. The van der Waals surface area contributed by atoms with E-state index in [1.807, 2.05) is 0 Å². The van der Waals surface area contributed by atoms with Crippen LogP contribution in [0, 0.1) is 6.92 Å². The van der Waals surface area contributed by atoms with Gasteiger partial charge in [-0.1, -0.05) is 78.4 Å². The van der Waals surface area contributed by atoms with Gasteiger partial charge in [-0.2, -0.15) is 18.2 Å². The molecule has 0 aliphatic heterocycles. The van der Waals surface area contributed by atoms with Gasteiger partial charge in [-0.3, -0.25) is 0 Å². The topological polar surface area (TPSA) is 0 Å². The summed E-state index contributed by atoms with van der Waals surface area (Å²) >= 11 is 0. The number of benzene rings is 4. The average molecular weight is 507 g/mol. The molecule has 0 amide bonds. The zero-order valence-corrected chi connectivity index (χ0v) is 20.5. The minimum Gasteiger partial charge on any atom is -1.00 e. The van der Waals surface area contributed by atoms with Crippen LogP contribution in [0.3, 0.4) is 0 Å². The summed E-state index contributed by atoms with van der Waals surface area (Å²) in [6.07, 6.45) is 0. The molecule has 0 fully saturated rings. The van der Waals surface area contributed by atoms with E-state index in [-0.39, 0.29) is 51.0 Å². The summed E-state index contributed by atoms with van der Waals surface area (Å²) in [5.74, 6) is 0. The van der Waals surface area contributed by atoms with E-state index >= 15 is 0 Å². The monoisotopic (exact) mass is 504 g/mol. The van der Waals surface area contributed by atoms with Crippen molar-refractivity contribution >= 4 is 43.1 Å². The number of halogens is 2. The molecular weight excluding hydrogens is 486 g/mol. The summed E-state index contributed by atoms with van der Waals surface area (Å²) in [6.45, 7) is 2.15. The average Bonchev–Trinajstić information content (AvgIpc) is 3.34. The fourth-order valence-electron chi connectivity index (χ4n) is 4.01. The molecule has 0 radical (unpaired) electrons. The van der Waals surface area contributed by atoms with Crippen molar-refractivity contribution in [2.24, 2.45) is 0 Å². The van der Waals surface area contributed by atoms with Crippen molar-refractivity contribution in [1.29, 1.82) is 0 Å².